The first-order chi connectivity index (χ1) is 11.1. The van der Waals surface area contributed by atoms with Crippen molar-refractivity contribution in [2.45, 2.75) is 45.6 Å². The minimum absolute atomic E-state index is 0.146. The molecule has 2 amide bonds. The van der Waals surface area contributed by atoms with Crippen LogP contribution in [0.2, 0.25) is 0 Å². The number of carbonyl (C=O) groups excluding carboxylic acids is 1. The van der Waals surface area contributed by atoms with Crippen molar-refractivity contribution in [1.82, 2.24) is 30.3 Å². The minimum atomic E-state index is -0.155. The molecule has 1 fully saturated rings. The SMILES string of the molecule is CC1CCCN(CCCCNC(=O)NC(C)c2nncn2C)C1. The molecular weight excluding hydrogens is 292 g/mol. The van der Waals surface area contributed by atoms with Gasteiger partial charge in [-0.1, -0.05) is 6.92 Å². The van der Waals surface area contributed by atoms with Crippen LogP contribution in [0, 0.1) is 5.92 Å². The standard InChI is InChI=1S/C16H30N6O/c1-13-7-6-10-22(11-13)9-5-4-8-17-16(23)19-14(2)15-20-18-12-21(15)3/h12-14H,4-11H2,1-3H3,(H2,17,19,23). The fourth-order valence-electron chi connectivity index (χ4n) is 3.15. The first-order valence-electron chi connectivity index (χ1n) is 8.67. The van der Waals surface area contributed by atoms with E-state index >= 15 is 0 Å². The summed E-state index contributed by atoms with van der Waals surface area (Å²) < 4.78 is 1.81. The Labute approximate surface area is 138 Å². The van der Waals surface area contributed by atoms with Crippen LogP contribution in [0.25, 0.3) is 0 Å². The van der Waals surface area contributed by atoms with Gasteiger partial charge in [0.05, 0.1) is 6.04 Å². The molecule has 1 aromatic rings. The molecule has 0 aliphatic carbocycles. The molecule has 7 nitrogen and oxygen atoms in total. The molecule has 1 aromatic heterocycles. The first-order valence-corrected chi connectivity index (χ1v) is 8.67. The molecule has 2 heterocycles. The van der Waals surface area contributed by atoms with Gasteiger partial charge < -0.3 is 20.1 Å². The highest BCUT2D eigenvalue weighted by Gasteiger charge is 2.16. The van der Waals surface area contributed by atoms with Crippen LogP contribution in [-0.4, -0.2) is 51.9 Å². The van der Waals surface area contributed by atoms with Crippen molar-refractivity contribution < 1.29 is 4.79 Å². The third-order valence-corrected chi connectivity index (χ3v) is 4.41. The lowest BCUT2D eigenvalue weighted by atomic mass is 10.0. The Kier molecular flexibility index (Phi) is 6.83. The van der Waals surface area contributed by atoms with Gasteiger partial charge in [0.15, 0.2) is 5.82 Å². The van der Waals surface area contributed by atoms with Crippen molar-refractivity contribution in [3.05, 3.63) is 12.2 Å². The second-order valence-corrected chi connectivity index (χ2v) is 6.68. The summed E-state index contributed by atoms with van der Waals surface area (Å²) >= 11 is 0. The molecule has 130 valence electrons. The number of nitrogens with one attached hydrogen (secondary N) is 2. The molecule has 0 aromatic carbocycles. The van der Waals surface area contributed by atoms with Crippen LogP contribution in [0.1, 0.15) is 51.4 Å². The lowest BCUT2D eigenvalue weighted by molar-refractivity contribution is 0.181. The van der Waals surface area contributed by atoms with Gasteiger partial charge in [0, 0.05) is 20.1 Å². The molecule has 0 bridgehead atoms. The number of amides is 2. The molecule has 2 unspecified atom stereocenters. The summed E-state index contributed by atoms with van der Waals surface area (Å²) in [4.78, 5) is 14.4. The third-order valence-electron chi connectivity index (χ3n) is 4.41. The molecule has 0 spiro atoms. The van der Waals surface area contributed by atoms with E-state index in [1.54, 1.807) is 6.33 Å². The maximum Gasteiger partial charge on any atom is 0.315 e. The number of aromatic nitrogens is 3. The third kappa shape index (κ3) is 5.82. The number of carbonyl (C=O) groups is 1. The zero-order valence-corrected chi connectivity index (χ0v) is 14.6. The minimum Gasteiger partial charge on any atom is -0.338 e. The summed E-state index contributed by atoms with van der Waals surface area (Å²) in [5.74, 6) is 1.58. The Morgan fingerprint density at radius 1 is 1.48 bits per heavy atom. The number of hydrogen-bond acceptors (Lipinski definition) is 4. The highest BCUT2D eigenvalue weighted by Crippen LogP contribution is 2.15. The monoisotopic (exact) mass is 322 g/mol. The predicted molar refractivity (Wildman–Crippen MR) is 90.0 cm³/mol. The number of piperidine rings is 1. The van der Waals surface area contributed by atoms with E-state index in [2.05, 4.69) is 32.7 Å². The Morgan fingerprint density at radius 3 is 3.00 bits per heavy atom. The molecule has 23 heavy (non-hydrogen) atoms. The molecule has 2 N–H and O–H groups in total. The molecule has 0 radical (unpaired) electrons. The molecule has 1 aliphatic heterocycles. The van der Waals surface area contributed by atoms with E-state index in [9.17, 15) is 4.79 Å². The van der Waals surface area contributed by atoms with Crippen molar-refractivity contribution in [3.8, 4) is 0 Å². The number of aryl methyl sites for hydroxylation is 1. The number of rotatable bonds is 7. The van der Waals surface area contributed by atoms with E-state index in [1.807, 2.05) is 18.5 Å². The Balaban J connectivity index is 1.55. The van der Waals surface area contributed by atoms with E-state index in [0.717, 1.165) is 31.1 Å². The Hall–Kier alpha value is -1.63. The van der Waals surface area contributed by atoms with Gasteiger partial charge in [-0.05, 0) is 51.6 Å². The first kappa shape index (κ1) is 17.7. The molecule has 1 aliphatic rings. The Bertz CT molecular complexity index is 489. The van der Waals surface area contributed by atoms with Crippen LogP contribution in [0.3, 0.4) is 0 Å². The van der Waals surface area contributed by atoms with Gasteiger partial charge >= 0.3 is 6.03 Å². The van der Waals surface area contributed by atoms with E-state index in [0.29, 0.717) is 6.54 Å². The van der Waals surface area contributed by atoms with Gasteiger partial charge in [-0.2, -0.15) is 0 Å². The lowest BCUT2D eigenvalue weighted by Gasteiger charge is -2.30. The van der Waals surface area contributed by atoms with Crippen LogP contribution in [0.4, 0.5) is 4.79 Å². The smallest absolute Gasteiger partial charge is 0.315 e. The molecule has 0 saturated carbocycles. The largest absolute Gasteiger partial charge is 0.338 e. The molecule has 2 rings (SSSR count). The fourth-order valence-corrected chi connectivity index (χ4v) is 3.15. The maximum absolute atomic E-state index is 11.9. The Morgan fingerprint density at radius 2 is 2.30 bits per heavy atom. The van der Waals surface area contributed by atoms with Gasteiger partial charge in [-0.15, -0.1) is 10.2 Å². The second-order valence-electron chi connectivity index (χ2n) is 6.68. The summed E-state index contributed by atoms with van der Waals surface area (Å²) in [6, 6.07) is -0.301. The van der Waals surface area contributed by atoms with Crippen LogP contribution >= 0.6 is 0 Å². The average molecular weight is 322 g/mol. The van der Waals surface area contributed by atoms with Gasteiger partial charge in [0.2, 0.25) is 0 Å². The second kappa shape index (κ2) is 8.86. The van der Waals surface area contributed by atoms with E-state index in [4.69, 9.17) is 0 Å². The summed E-state index contributed by atoms with van der Waals surface area (Å²) in [7, 11) is 1.87. The van der Waals surface area contributed by atoms with Crippen molar-refractivity contribution in [1.29, 1.82) is 0 Å². The number of urea groups is 1. The van der Waals surface area contributed by atoms with Crippen LogP contribution < -0.4 is 10.6 Å². The van der Waals surface area contributed by atoms with Gasteiger partial charge in [0.25, 0.3) is 0 Å². The maximum atomic E-state index is 11.9. The summed E-state index contributed by atoms with van der Waals surface area (Å²) in [6.45, 7) is 8.54. The summed E-state index contributed by atoms with van der Waals surface area (Å²) in [5, 5.41) is 13.6. The fraction of sp³-hybridized carbons (Fsp3) is 0.812. The van der Waals surface area contributed by atoms with E-state index in [-0.39, 0.29) is 12.1 Å². The van der Waals surface area contributed by atoms with Crippen LogP contribution in [-0.2, 0) is 7.05 Å². The van der Waals surface area contributed by atoms with Crippen LogP contribution in [0.5, 0.6) is 0 Å². The van der Waals surface area contributed by atoms with Crippen molar-refractivity contribution in [2.75, 3.05) is 26.2 Å². The lowest BCUT2D eigenvalue weighted by Crippen LogP contribution is -2.38. The van der Waals surface area contributed by atoms with E-state index < -0.39 is 0 Å². The average Bonchev–Trinajstić information content (AvgIpc) is 2.93. The highest BCUT2D eigenvalue weighted by atomic mass is 16.2. The zero-order chi connectivity index (χ0) is 16.7. The van der Waals surface area contributed by atoms with Crippen molar-refractivity contribution >= 4 is 6.03 Å². The normalized spacial score (nSPS) is 20.2. The number of nitrogens with zero attached hydrogens (tertiary/aromatic N) is 4. The zero-order valence-electron chi connectivity index (χ0n) is 14.6. The number of unbranched alkanes of at least 4 members (excludes halogenated alkanes) is 1. The van der Waals surface area contributed by atoms with Gasteiger partial charge in [-0.3, -0.25) is 0 Å². The molecule has 1 saturated heterocycles. The quantitative estimate of drug-likeness (QED) is 0.749. The highest BCUT2D eigenvalue weighted by molar-refractivity contribution is 5.74. The van der Waals surface area contributed by atoms with E-state index in [1.165, 1.54) is 25.9 Å². The summed E-state index contributed by atoms with van der Waals surface area (Å²) in [6.07, 6.45) is 6.46. The number of likely N-dealkylation sites (tertiary alicyclic amines) is 1. The predicted octanol–water partition coefficient (Wildman–Crippen LogP) is 1.69. The van der Waals surface area contributed by atoms with Crippen molar-refractivity contribution in [2.24, 2.45) is 13.0 Å². The molecule has 7 heteroatoms. The topological polar surface area (TPSA) is 75.1 Å². The van der Waals surface area contributed by atoms with Crippen molar-refractivity contribution in [3.63, 3.8) is 0 Å². The van der Waals surface area contributed by atoms with Gasteiger partial charge in [0.1, 0.15) is 6.33 Å². The van der Waals surface area contributed by atoms with Crippen LogP contribution in [0.15, 0.2) is 6.33 Å². The number of hydrogen-bond donors (Lipinski definition) is 2. The molecular formula is C16H30N6O. The molecule has 2 atom stereocenters. The van der Waals surface area contributed by atoms with Gasteiger partial charge in [-0.25, -0.2) is 4.79 Å². The summed E-state index contributed by atoms with van der Waals surface area (Å²) in [5.41, 5.74) is 0.